The van der Waals surface area contributed by atoms with E-state index in [9.17, 15) is 18.0 Å². The van der Waals surface area contributed by atoms with E-state index in [2.05, 4.69) is 10.6 Å². The van der Waals surface area contributed by atoms with E-state index in [4.69, 9.17) is 0 Å². The highest BCUT2D eigenvalue weighted by atomic mass is 32.2. The smallest absolute Gasteiger partial charge is 0.253 e. The molecule has 0 spiro atoms. The molecule has 1 heterocycles. The van der Waals surface area contributed by atoms with Crippen LogP contribution in [0, 0.1) is 5.92 Å². The summed E-state index contributed by atoms with van der Waals surface area (Å²) in [6.07, 6.45) is 4.30. The van der Waals surface area contributed by atoms with Gasteiger partial charge in [0, 0.05) is 19.6 Å². The Kier molecular flexibility index (Phi) is 7.16. The minimum Gasteiger partial charge on any atom is -0.352 e. The van der Waals surface area contributed by atoms with Crippen molar-refractivity contribution in [3.63, 3.8) is 0 Å². The van der Waals surface area contributed by atoms with Gasteiger partial charge in [-0.25, -0.2) is 12.7 Å². The number of carbonyl (C=O) groups excluding carboxylic acids is 2. The molecule has 7 nitrogen and oxygen atoms in total. The molecule has 1 aromatic rings. The van der Waals surface area contributed by atoms with Crippen LogP contribution >= 0.6 is 0 Å². The molecule has 1 saturated heterocycles. The number of anilines is 1. The first-order chi connectivity index (χ1) is 12.3. The first-order valence-corrected chi connectivity index (χ1v) is 10.8. The maximum atomic E-state index is 12.6. The van der Waals surface area contributed by atoms with Crippen molar-refractivity contribution in [1.29, 1.82) is 0 Å². The number of hydrogen-bond acceptors (Lipinski definition) is 4. The molecule has 1 aliphatic rings. The molecule has 2 rings (SSSR count). The standard InChI is InChI=1S/C18H27N3O4S/c1-3-4-11-19-18(23)15-9-5-6-10-16(15)20-17(22)14-8-7-12-21(13-14)26(2,24)25/h5-6,9-10,14H,3-4,7-8,11-13H2,1-2H3,(H,19,23)(H,20,22). The molecule has 144 valence electrons. The normalized spacial score (nSPS) is 18.3. The van der Waals surface area contributed by atoms with Crippen LogP contribution in [0.5, 0.6) is 0 Å². The number of sulfonamides is 1. The largest absolute Gasteiger partial charge is 0.352 e. The van der Waals surface area contributed by atoms with Gasteiger partial charge in [0.2, 0.25) is 15.9 Å². The van der Waals surface area contributed by atoms with E-state index in [1.54, 1.807) is 24.3 Å². The van der Waals surface area contributed by atoms with Crippen molar-refractivity contribution in [3.8, 4) is 0 Å². The summed E-state index contributed by atoms with van der Waals surface area (Å²) in [5.74, 6) is -0.905. The number of rotatable bonds is 7. The number of unbranched alkanes of at least 4 members (excludes halogenated alkanes) is 1. The van der Waals surface area contributed by atoms with Gasteiger partial charge >= 0.3 is 0 Å². The van der Waals surface area contributed by atoms with Crippen molar-refractivity contribution in [2.75, 3.05) is 31.2 Å². The molecule has 1 atom stereocenters. The molecule has 0 saturated carbocycles. The summed E-state index contributed by atoms with van der Waals surface area (Å²) in [4.78, 5) is 24.9. The number of piperidine rings is 1. The number of nitrogens with zero attached hydrogens (tertiary/aromatic N) is 1. The summed E-state index contributed by atoms with van der Waals surface area (Å²) in [6.45, 7) is 3.25. The molecule has 1 unspecified atom stereocenters. The van der Waals surface area contributed by atoms with Crippen LogP contribution in [0.25, 0.3) is 0 Å². The second-order valence-corrected chi connectivity index (χ2v) is 8.59. The molecule has 2 N–H and O–H groups in total. The molecule has 0 radical (unpaired) electrons. The zero-order valence-electron chi connectivity index (χ0n) is 15.3. The number of carbonyl (C=O) groups is 2. The van der Waals surface area contributed by atoms with E-state index < -0.39 is 15.9 Å². The summed E-state index contributed by atoms with van der Waals surface area (Å²) >= 11 is 0. The lowest BCUT2D eigenvalue weighted by Gasteiger charge is -2.30. The quantitative estimate of drug-likeness (QED) is 0.704. The topological polar surface area (TPSA) is 95.6 Å². The lowest BCUT2D eigenvalue weighted by Crippen LogP contribution is -2.43. The Bertz CT molecular complexity index is 749. The Balaban J connectivity index is 2.06. The van der Waals surface area contributed by atoms with Crippen molar-refractivity contribution in [2.45, 2.75) is 32.6 Å². The first kappa shape index (κ1) is 20.4. The lowest BCUT2D eigenvalue weighted by atomic mass is 9.98. The Hall–Kier alpha value is -1.93. The average Bonchev–Trinajstić information content (AvgIpc) is 2.61. The Morgan fingerprint density at radius 3 is 2.69 bits per heavy atom. The highest BCUT2D eigenvalue weighted by Gasteiger charge is 2.30. The summed E-state index contributed by atoms with van der Waals surface area (Å²) < 4.78 is 24.8. The van der Waals surface area contributed by atoms with E-state index in [0.717, 1.165) is 19.1 Å². The number of hydrogen-bond donors (Lipinski definition) is 2. The van der Waals surface area contributed by atoms with Crippen molar-refractivity contribution >= 4 is 27.5 Å². The number of nitrogens with one attached hydrogen (secondary N) is 2. The summed E-state index contributed by atoms with van der Waals surface area (Å²) in [6, 6.07) is 6.85. The van der Waals surface area contributed by atoms with Crippen LogP contribution < -0.4 is 10.6 Å². The van der Waals surface area contributed by atoms with Gasteiger partial charge in [0.15, 0.2) is 0 Å². The molecule has 8 heteroatoms. The Labute approximate surface area is 155 Å². The molecule has 2 amide bonds. The summed E-state index contributed by atoms with van der Waals surface area (Å²) in [5.41, 5.74) is 0.857. The van der Waals surface area contributed by atoms with Crippen molar-refractivity contribution in [1.82, 2.24) is 9.62 Å². The van der Waals surface area contributed by atoms with Crippen molar-refractivity contribution in [3.05, 3.63) is 29.8 Å². The van der Waals surface area contributed by atoms with Gasteiger partial charge in [0.1, 0.15) is 0 Å². The van der Waals surface area contributed by atoms with E-state index >= 15 is 0 Å². The minimum absolute atomic E-state index is 0.176. The lowest BCUT2D eigenvalue weighted by molar-refractivity contribution is -0.120. The summed E-state index contributed by atoms with van der Waals surface area (Å²) in [5, 5.41) is 5.64. The maximum absolute atomic E-state index is 12.6. The van der Waals surface area contributed by atoms with E-state index in [1.807, 2.05) is 6.92 Å². The average molecular weight is 381 g/mol. The zero-order chi connectivity index (χ0) is 19.2. The molecule has 0 aliphatic carbocycles. The fourth-order valence-corrected chi connectivity index (χ4v) is 3.87. The van der Waals surface area contributed by atoms with Crippen LogP contribution in [0.15, 0.2) is 24.3 Å². The Morgan fingerprint density at radius 1 is 1.27 bits per heavy atom. The molecular formula is C18H27N3O4S. The second kappa shape index (κ2) is 9.14. The van der Waals surface area contributed by atoms with Gasteiger partial charge in [-0.3, -0.25) is 9.59 Å². The third-order valence-electron chi connectivity index (χ3n) is 4.47. The van der Waals surface area contributed by atoms with Gasteiger partial charge < -0.3 is 10.6 Å². The highest BCUT2D eigenvalue weighted by Crippen LogP contribution is 2.22. The molecule has 1 aliphatic heterocycles. The SMILES string of the molecule is CCCCNC(=O)c1ccccc1NC(=O)C1CCCN(S(C)(=O)=O)C1. The fourth-order valence-electron chi connectivity index (χ4n) is 2.96. The molecule has 26 heavy (non-hydrogen) atoms. The van der Waals surface area contributed by atoms with Gasteiger partial charge in [-0.1, -0.05) is 25.5 Å². The molecule has 1 aromatic carbocycles. The van der Waals surface area contributed by atoms with Crippen LogP contribution in [0.1, 0.15) is 43.0 Å². The van der Waals surface area contributed by atoms with Gasteiger partial charge in [-0.05, 0) is 31.4 Å². The molecule has 0 aromatic heterocycles. The van der Waals surface area contributed by atoms with Gasteiger partial charge in [-0.15, -0.1) is 0 Å². The van der Waals surface area contributed by atoms with Crippen LogP contribution in [-0.2, 0) is 14.8 Å². The maximum Gasteiger partial charge on any atom is 0.253 e. The predicted octanol–water partition coefficient (Wildman–Crippen LogP) is 1.83. The number of benzene rings is 1. The predicted molar refractivity (Wildman–Crippen MR) is 101 cm³/mol. The molecular weight excluding hydrogens is 354 g/mol. The number of amides is 2. The van der Waals surface area contributed by atoms with Crippen LogP contribution in [0.2, 0.25) is 0 Å². The zero-order valence-corrected chi connectivity index (χ0v) is 16.1. The highest BCUT2D eigenvalue weighted by molar-refractivity contribution is 7.88. The summed E-state index contributed by atoms with van der Waals surface area (Å²) in [7, 11) is -3.31. The van der Waals surface area contributed by atoms with Crippen LogP contribution in [-0.4, -0.2) is 50.4 Å². The van der Waals surface area contributed by atoms with Gasteiger partial charge in [-0.2, -0.15) is 0 Å². The number of para-hydroxylation sites is 1. The molecule has 1 fully saturated rings. The van der Waals surface area contributed by atoms with Gasteiger partial charge in [0.25, 0.3) is 5.91 Å². The fraction of sp³-hybridized carbons (Fsp3) is 0.556. The monoisotopic (exact) mass is 381 g/mol. The minimum atomic E-state index is -3.31. The van der Waals surface area contributed by atoms with Crippen molar-refractivity contribution in [2.24, 2.45) is 5.92 Å². The third-order valence-corrected chi connectivity index (χ3v) is 5.74. The Morgan fingerprint density at radius 2 is 2.00 bits per heavy atom. The third kappa shape index (κ3) is 5.54. The van der Waals surface area contributed by atoms with Crippen LogP contribution in [0.3, 0.4) is 0 Å². The second-order valence-electron chi connectivity index (χ2n) is 6.60. The first-order valence-electron chi connectivity index (χ1n) is 8.96. The van der Waals surface area contributed by atoms with E-state index in [-0.39, 0.29) is 18.4 Å². The van der Waals surface area contributed by atoms with Crippen LogP contribution in [0.4, 0.5) is 5.69 Å². The van der Waals surface area contributed by atoms with E-state index in [0.29, 0.717) is 37.2 Å². The molecule has 0 bridgehead atoms. The van der Waals surface area contributed by atoms with E-state index in [1.165, 1.54) is 4.31 Å². The van der Waals surface area contributed by atoms with Crippen molar-refractivity contribution < 1.29 is 18.0 Å². The van der Waals surface area contributed by atoms with Gasteiger partial charge in [0.05, 0.1) is 23.4 Å².